The van der Waals surface area contributed by atoms with Crippen molar-refractivity contribution in [2.45, 2.75) is 25.4 Å². The third-order valence-corrected chi connectivity index (χ3v) is 4.84. The van der Waals surface area contributed by atoms with Gasteiger partial charge in [0, 0.05) is 6.54 Å². The van der Waals surface area contributed by atoms with E-state index in [4.69, 9.17) is 0 Å². The third-order valence-electron chi connectivity index (χ3n) is 3.68. The highest BCUT2D eigenvalue weighted by atomic mass is 32.2. The maximum atomic E-state index is 12.0. The Kier molecular flexibility index (Phi) is 5.61. The molecule has 1 atom stereocenters. The van der Waals surface area contributed by atoms with Crippen molar-refractivity contribution in [3.63, 3.8) is 0 Å². The smallest absolute Gasteiger partial charge is 0.232 e. The summed E-state index contributed by atoms with van der Waals surface area (Å²) in [5.74, 6) is 0. The molecule has 1 aromatic rings. The molecule has 1 fully saturated rings. The summed E-state index contributed by atoms with van der Waals surface area (Å²) in [5.41, 5.74) is 0.564. The summed E-state index contributed by atoms with van der Waals surface area (Å²) >= 11 is 0. The van der Waals surface area contributed by atoms with E-state index in [1.54, 1.807) is 24.3 Å². The van der Waals surface area contributed by atoms with Gasteiger partial charge in [-0.25, -0.2) is 8.42 Å². The lowest BCUT2D eigenvalue weighted by molar-refractivity contribution is 0.107. The molecule has 2 rings (SSSR count). The number of hydrogen-bond donors (Lipinski definition) is 1. The molecule has 1 radical (unpaired) electrons. The SMILES string of the molecule is CS(=O)(=O)N(CC(O)CN1CCCCC1)c1cc[c]cc1. The molecule has 0 bridgehead atoms. The van der Waals surface area contributed by atoms with Crippen LogP contribution >= 0.6 is 0 Å². The van der Waals surface area contributed by atoms with Crippen molar-refractivity contribution in [1.82, 2.24) is 4.90 Å². The van der Waals surface area contributed by atoms with E-state index < -0.39 is 16.1 Å². The van der Waals surface area contributed by atoms with Crippen LogP contribution in [0.2, 0.25) is 0 Å². The normalized spacial score (nSPS) is 18.4. The summed E-state index contributed by atoms with van der Waals surface area (Å²) in [4.78, 5) is 2.20. The number of sulfonamides is 1. The van der Waals surface area contributed by atoms with Gasteiger partial charge in [0.15, 0.2) is 0 Å². The number of aliphatic hydroxyl groups is 1. The fraction of sp³-hybridized carbons (Fsp3) is 0.600. The molecule has 117 valence electrons. The van der Waals surface area contributed by atoms with Crippen molar-refractivity contribution in [3.05, 3.63) is 30.3 Å². The number of benzene rings is 1. The second-order valence-corrected chi connectivity index (χ2v) is 7.47. The molecule has 1 aromatic carbocycles. The first kappa shape index (κ1) is 16.3. The van der Waals surface area contributed by atoms with Gasteiger partial charge in [-0.05, 0) is 44.1 Å². The van der Waals surface area contributed by atoms with Crippen molar-refractivity contribution in [2.75, 3.05) is 36.7 Å². The van der Waals surface area contributed by atoms with Crippen LogP contribution in [0.5, 0.6) is 0 Å². The first-order valence-electron chi connectivity index (χ1n) is 7.31. The number of aliphatic hydroxyl groups excluding tert-OH is 1. The van der Waals surface area contributed by atoms with Crippen molar-refractivity contribution in [1.29, 1.82) is 0 Å². The molecule has 0 saturated carbocycles. The monoisotopic (exact) mass is 311 g/mol. The van der Waals surface area contributed by atoms with E-state index in [-0.39, 0.29) is 6.54 Å². The minimum atomic E-state index is -3.41. The van der Waals surface area contributed by atoms with Gasteiger partial charge in [-0.3, -0.25) is 4.31 Å². The maximum Gasteiger partial charge on any atom is 0.232 e. The largest absolute Gasteiger partial charge is 0.390 e. The molecular weight excluding hydrogens is 288 g/mol. The zero-order chi connectivity index (χ0) is 15.3. The second kappa shape index (κ2) is 7.24. The lowest BCUT2D eigenvalue weighted by Gasteiger charge is -2.31. The zero-order valence-electron chi connectivity index (χ0n) is 12.4. The molecule has 1 saturated heterocycles. The highest BCUT2D eigenvalue weighted by Gasteiger charge is 2.22. The lowest BCUT2D eigenvalue weighted by Crippen LogP contribution is -2.43. The van der Waals surface area contributed by atoms with E-state index in [1.807, 2.05) is 0 Å². The molecular formula is C15H23N2O3S. The van der Waals surface area contributed by atoms with Gasteiger partial charge in [0.05, 0.1) is 24.6 Å². The number of hydrogen-bond acceptors (Lipinski definition) is 4. The van der Waals surface area contributed by atoms with Crippen LogP contribution in [0, 0.1) is 6.07 Å². The van der Waals surface area contributed by atoms with Crippen molar-refractivity contribution >= 4 is 15.7 Å². The molecule has 5 nitrogen and oxygen atoms in total. The standard InChI is InChI=1S/C15H23N2O3S/c1-21(19,20)17(14-8-4-2-5-9-14)13-15(18)12-16-10-6-3-7-11-16/h4-5,8-9,15,18H,3,6-7,10-13H2,1H3. The Balaban J connectivity index is 2.02. The number of β-amino-alcohol motifs (C(OH)–C–C–N with tert-alkyl or cyclic N) is 1. The number of rotatable bonds is 6. The first-order chi connectivity index (χ1) is 9.97. The summed E-state index contributed by atoms with van der Waals surface area (Å²) in [5, 5.41) is 10.2. The van der Waals surface area contributed by atoms with Crippen LogP contribution in [0.15, 0.2) is 24.3 Å². The van der Waals surface area contributed by atoms with Gasteiger partial charge in [0.25, 0.3) is 0 Å². The predicted octanol–water partition coefficient (Wildman–Crippen LogP) is 1.10. The van der Waals surface area contributed by atoms with E-state index in [2.05, 4.69) is 11.0 Å². The summed E-state index contributed by atoms with van der Waals surface area (Å²) < 4.78 is 25.2. The van der Waals surface area contributed by atoms with Crippen LogP contribution in [-0.2, 0) is 10.0 Å². The van der Waals surface area contributed by atoms with Gasteiger partial charge in [0.1, 0.15) is 0 Å². The fourth-order valence-corrected chi connectivity index (χ4v) is 3.61. The molecule has 1 aliphatic rings. The molecule has 0 spiro atoms. The van der Waals surface area contributed by atoms with Crippen LogP contribution in [0.3, 0.4) is 0 Å². The molecule has 0 aromatic heterocycles. The number of likely N-dealkylation sites (tertiary alicyclic amines) is 1. The third kappa shape index (κ3) is 4.98. The Morgan fingerprint density at radius 2 is 1.90 bits per heavy atom. The van der Waals surface area contributed by atoms with Crippen molar-refractivity contribution < 1.29 is 13.5 Å². The van der Waals surface area contributed by atoms with Crippen LogP contribution < -0.4 is 4.31 Å². The Bertz CT molecular complexity index is 527. The minimum Gasteiger partial charge on any atom is -0.390 e. The average molecular weight is 311 g/mol. The van der Waals surface area contributed by atoms with Crippen molar-refractivity contribution in [2.24, 2.45) is 0 Å². The van der Waals surface area contributed by atoms with Crippen LogP contribution in [0.4, 0.5) is 5.69 Å². The fourth-order valence-electron chi connectivity index (χ4n) is 2.67. The maximum absolute atomic E-state index is 12.0. The lowest BCUT2D eigenvalue weighted by atomic mass is 10.1. The number of piperidine rings is 1. The summed E-state index contributed by atoms with van der Waals surface area (Å²) in [6.07, 6.45) is 4.01. The molecule has 0 aliphatic carbocycles. The van der Waals surface area contributed by atoms with E-state index in [0.29, 0.717) is 12.2 Å². The summed E-state index contributed by atoms with van der Waals surface area (Å²) in [6.45, 7) is 2.57. The average Bonchev–Trinajstić information content (AvgIpc) is 2.45. The first-order valence-corrected chi connectivity index (χ1v) is 9.16. The Labute approximate surface area is 127 Å². The molecule has 1 heterocycles. The summed E-state index contributed by atoms with van der Waals surface area (Å²) in [6, 6.07) is 9.59. The predicted molar refractivity (Wildman–Crippen MR) is 83.8 cm³/mol. The zero-order valence-corrected chi connectivity index (χ0v) is 13.2. The van der Waals surface area contributed by atoms with E-state index in [1.165, 1.54) is 10.7 Å². The van der Waals surface area contributed by atoms with Gasteiger partial charge < -0.3 is 10.0 Å². The molecule has 1 unspecified atom stereocenters. The Morgan fingerprint density at radius 1 is 1.29 bits per heavy atom. The second-order valence-electron chi connectivity index (χ2n) is 5.57. The van der Waals surface area contributed by atoms with Gasteiger partial charge in [-0.1, -0.05) is 18.6 Å². The minimum absolute atomic E-state index is 0.0827. The van der Waals surface area contributed by atoms with Gasteiger partial charge >= 0.3 is 0 Å². The van der Waals surface area contributed by atoms with E-state index in [9.17, 15) is 13.5 Å². The molecule has 1 N–H and O–H groups in total. The number of nitrogens with zero attached hydrogens (tertiary/aromatic N) is 2. The van der Waals surface area contributed by atoms with Gasteiger partial charge in [-0.2, -0.15) is 0 Å². The van der Waals surface area contributed by atoms with Crippen LogP contribution in [0.1, 0.15) is 19.3 Å². The topological polar surface area (TPSA) is 60.9 Å². The molecule has 0 amide bonds. The number of anilines is 1. The van der Waals surface area contributed by atoms with Crippen LogP contribution in [0.25, 0.3) is 0 Å². The van der Waals surface area contributed by atoms with Gasteiger partial charge in [-0.15, -0.1) is 0 Å². The summed E-state index contributed by atoms with van der Waals surface area (Å²) in [7, 11) is -3.41. The Hall–Kier alpha value is -1.11. The Morgan fingerprint density at radius 3 is 2.48 bits per heavy atom. The van der Waals surface area contributed by atoms with E-state index in [0.717, 1.165) is 32.2 Å². The quantitative estimate of drug-likeness (QED) is 0.854. The molecule has 1 aliphatic heterocycles. The van der Waals surface area contributed by atoms with Crippen molar-refractivity contribution in [3.8, 4) is 0 Å². The highest BCUT2D eigenvalue weighted by Crippen LogP contribution is 2.17. The molecule has 21 heavy (non-hydrogen) atoms. The highest BCUT2D eigenvalue weighted by molar-refractivity contribution is 7.92. The van der Waals surface area contributed by atoms with E-state index >= 15 is 0 Å². The molecule has 6 heteroatoms. The van der Waals surface area contributed by atoms with Gasteiger partial charge in [0.2, 0.25) is 10.0 Å². The van der Waals surface area contributed by atoms with Crippen LogP contribution in [-0.4, -0.2) is 57.0 Å².